The molecule has 0 saturated carbocycles. The van der Waals surface area contributed by atoms with Gasteiger partial charge in [-0.1, -0.05) is 24.6 Å². The Bertz CT molecular complexity index is 639. The second kappa shape index (κ2) is 6.81. The minimum Gasteiger partial charge on any atom is -0.419 e. The van der Waals surface area contributed by atoms with E-state index in [0.717, 1.165) is 37.9 Å². The van der Waals surface area contributed by atoms with Gasteiger partial charge >= 0.3 is 0 Å². The summed E-state index contributed by atoms with van der Waals surface area (Å²) < 4.78 is 5.82. The van der Waals surface area contributed by atoms with E-state index in [-0.39, 0.29) is 12.0 Å². The van der Waals surface area contributed by atoms with Gasteiger partial charge in [0, 0.05) is 12.2 Å². The molecule has 1 aliphatic heterocycles. The molecule has 23 heavy (non-hydrogen) atoms. The Kier molecular flexibility index (Phi) is 4.78. The predicted octanol–water partition coefficient (Wildman–Crippen LogP) is 3.03. The Balaban J connectivity index is 1.62. The Morgan fingerprint density at radius 3 is 2.70 bits per heavy atom. The third-order valence-electron chi connectivity index (χ3n) is 5.09. The van der Waals surface area contributed by atoms with Gasteiger partial charge in [-0.25, -0.2) is 0 Å². The molecule has 0 amide bonds. The molecular formula is C18H25N3O2. The van der Waals surface area contributed by atoms with Crippen molar-refractivity contribution in [2.24, 2.45) is 5.41 Å². The lowest BCUT2D eigenvalue weighted by Crippen LogP contribution is -2.41. The van der Waals surface area contributed by atoms with Crippen molar-refractivity contribution in [3.63, 3.8) is 0 Å². The Morgan fingerprint density at radius 1 is 1.26 bits per heavy atom. The number of benzene rings is 1. The van der Waals surface area contributed by atoms with Crippen molar-refractivity contribution in [1.82, 2.24) is 15.1 Å². The number of piperidine rings is 1. The number of hydrogen-bond donors (Lipinski definition) is 1. The molecule has 1 aromatic heterocycles. The van der Waals surface area contributed by atoms with Gasteiger partial charge in [-0.3, -0.25) is 4.90 Å². The number of hydrogen-bond acceptors (Lipinski definition) is 5. The molecule has 2 aromatic rings. The highest BCUT2D eigenvalue weighted by Crippen LogP contribution is 2.34. The molecule has 1 fully saturated rings. The van der Waals surface area contributed by atoms with Crippen molar-refractivity contribution in [2.45, 2.75) is 39.7 Å². The van der Waals surface area contributed by atoms with E-state index in [1.807, 2.05) is 12.1 Å². The Morgan fingerprint density at radius 2 is 2.04 bits per heavy atom. The topological polar surface area (TPSA) is 62.4 Å². The summed E-state index contributed by atoms with van der Waals surface area (Å²) in [7, 11) is 0. The summed E-state index contributed by atoms with van der Waals surface area (Å²) in [5.41, 5.74) is 2.25. The largest absolute Gasteiger partial charge is 0.419 e. The van der Waals surface area contributed by atoms with Crippen LogP contribution in [0.4, 0.5) is 0 Å². The van der Waals surface area contributed by atoms with Crippen LogP contribution in [0.5, 0.6) is 0 Å². The molecule has 1 aliphatic rings. The van der Waals surface area contributed by atoms with Gasteiger partial charge in [0.25, 0.3) is 0 Å². The van der Waals surface area contributed by atoms with E-state index < -0.39 is 0 Å². The SMILES string of the molecule is CCC1(CO)CCN(Cc2nnc(-c3cccc(C)c3)o2)CC1. The van der Waals surface area contributed by atoms with E-state index in [0.29, 0.717) is 18.3 Å². The van der Waals surface area contributed by atoms with Crippen LogP contribution in [0, 0.1) is 12.3 Å². The predicted molar refractivity (Wildman–Crippen MR) is 88.8 cm³/mol. The van der Waals surface area contributed by atoms with Gasteiger partial charge < -0.3 is 9.52 Å². The molecule has 1 saturated heterocycles. The molecule has 124 valence electrons. The van der Waals surface area contributed by atoms with Crippen LogP contribution in [0.1, 0.15) is 37.6 Å². The third kappa shape index (κ3) is 3.62. The first-order chi connectivity index (χ1) is 11.1. The molecule has 2 heterocycles. The van der Waals surface area contributed by atoms with Gasteiger partial charge in [0.05, 0.1) is 6.54 Å². The number of aliphatic hydroxyl groups excluding tert-OH is 1. The molecule has 0 spiro atoms. The molecular weight excluding hydrogens is 290 g/mol. The van der Waals surface area contributed by atoms with E-state index >= 15 is 0 Å². The smallest absolute Gasteiger partial charge is 0.247 e. The molecule has 1 N–H and O–H groups in total. The number of rotatable bonds is 5. The van der Waals surface area contributed by atoms with Gasteiger partial charge in [-0.05, 0) is 56.8 Å². The van der Waals surface area contributed by atoms with Crippen LogP contribution in [-0.2, 0) is 6.54 Å². The van der Waals surface area contributed by atoms with E-state index in [1.54, 1.807) is 0 Å². The maximum atomic E-state index is 9.61. The standard InChI is InChI=1S/C18H25N3O2/c1-3-18(13-22)7-9-21(10-8-18)12-16-19-20-17(23-16)15-6-4-5-14(2)11-15/h4-6,11,22H,3,7-10,12-13H2,1-2H3. The molecule has 0 radical (unpaired) electrons. The lowest BCUT2D eigenvalue weighted by molar-refractivity contribution is 0.0355. The number of likely N-dealkylation sites (tertiary alicyclic amines) is 1. The minimum atomic E-state index is 0.109. The zero-order chi connectivity index (χ0) is 16.3. The molecule has 1 aromatic carbocycles. The molecule has 0 aliphatic carbocycles. The Hall–Kier alpha value is -1.72. The molecule has 5 nitrogen and oxygen atoms in total. The van der Waals surface area contributed by atoms with E-state index in [4.69, 9.17) is 4.42 Å². The fourth-order valence-corrected chi connectivity index (χ4v) is 3.21. The number of aromatic nitrogens is 2. The first-order valence-electron chi connectivity index (χ1n) is 8.37. The summed E-state index contributed by atoms with van der Waals surface area (Å²) in [5, 5.41) is 18.0. The summed E-state index contributed by atoms with van der Waals surface area (Å²) in [6, 6.07) is 8.09. The molecule has 3 rings (SSSR count). The molecule has 5 heteroatoms. The van der Waals surface area contributed by atoms with Crippen LogP contribution in [0.2, 0.25) is 0 Å². The van der Waals surface area contributed by atoms with Gasteiger partial charge in [-0.15, -0.1) is 10.2 Å². The molecule has 0 unspecified atom stereocenters. The second-order valence-corrected chi connectivity index (χ2v) is 6.66. The highest BCUT2D eigenvalue weighted by molar-refractivity contribution is 5.53. The molecule has 0 bridgehead atoms. The number of nitrogens with zero attached hydrogens (tertiary/aromatic N) is 3. The van der Waals surface area contributed by atoms with Crippen LogP contribution in [0.3, 0.4) is 0 Å². The van der Waals surface area contributed by atoms with Crippen LogP contribution in [-0.4, -0.2) is 39.9 Å². The summed E-state index contributed by atoms with van der Waals surface area (Å²) in [5.74, 6) is 1.24. The fourth-order valence-electron chi connectivity index (χ4n) is 3.21. The van der Waals surface area contributed by atoms with Crippen molar-refractivity contribution in [2.75, 3.05) is 19.7 Å². The highest BCUT2D eigenvalue weighted by Gasteiger charge is 2.32. The van der Waals surface area contributed by atoms with Crippen molar-refractivity contribution in [3.8, 4) is 11.5 Å². The number of aliphatic hydroxyl groups is 1. The monoisotopic (exact) mass is 315 g/mol. The molecule has 0 atom stereocenters. The quantitative estimate of drug-likeness (QED) is 0.919. The van der Waals surface area contributed by atoms with Crippen LogP contribution in [0.25, 0.3) is 11.5 Å². The second-order valence-electron chi connectivity index (χ2n) is 6.66. The van der Waals surface area contributed by atoms with Crippen molar-refractivity contribution >= 4 is 0 Å². The van der Waals surface area contributed by atoms with Crippen LogP contribution in [0.15, 0.2) is 28.7 Å². The van der Waals surface area contributed by atoms with Crippen molar-refractivity contribution < 1.29 is 9.52 Å². The summed E-state index contributed by atoms with van der Waals surface area (Å²) in [6.07, 6.45) is 3.09. The van der Waals surface area contributed by atoms with Gasteiger partial charge in [0.15, 0.2) is 0 Å². The maximum Gasteiger partial charge on any atom is 0.247 e. The van der Waals surface area contributed by atoms with E-state index in [2.05, 4.69) is 41.1 Å². The fraction of sp³-hybridized carbons (Fsp3) is 0.556. The average Bonchev–Trinajstić information content (AvgIpc) is 3.04. The first-order valence-corrected chi connectivity index (χ1v) is 8.37. The summed E-state index contributed by atoms with van der Waals surface area (Å²) >= 11 is 0. The van der Waals surface area contributed by atoms with Gasteiger partial charge in [-0.2, -0.15) is 0 Å². The van der Waals surface area contributed by atoms with Crippen molar-refractivity contribution in [3.05, 3.63) is 35.7 Å². The first kappa shape index (κ1) is 16.1. The van der Waals surface area contributed by atoms with Gasteiger partial charge in [0.1, 0.15) is 0 Å². The summed E-state index contributed by atoms with van der Waals surface area (Å²) in [4.78, 5) is 2.33. The zero-order valence-corrected chi connectivity index (χ0v) is 14.0. The van der Waals surface area contributed by atoms with Crippen molar-refractivity contribution in [1.29, 1.82) is 0 Å². The lowest BCUT2D eigenvalue weighted by Gasteiger charge is -2.39. The minimum absolute atomic E-state index is 0.109. The van der Waals surface area contributed by atoms with Crippen LogP contribution < -0.4 is 0 Å². The third-order valence-corrected chi connectivity index (χ3v) is 5.09. The maximum absolute atomic E-state index is 9.61. The number of aryl methyl sites for hydroxylation is 1. The van der Waals surface area contributed by atoms with Crippen LogP contribution >= 0.6 is 0 Å². The van der Waals surface area contributed by atoms with Gasteiger partial charge in [0.2, 0.25) is 11.8 Å². The highest BCUT2D eigenvalue weighted by atomic mass is 16.4. The lowest BCUT2D eigenvalue weighted by atomic mass is 9.77. The summed E-state index contributed by atoms with van der Waals surface area (Å²) in [6.45, 7) is 7.13. The average molecular weight is 315 g/mol. The van der Waals surface area contributed by atoms with E-state index in [1.165, 1.54) is 5.56 Å². The van der Waals surface area contributed by atoms with E-state index in [9.17, 15) is 5.11 Å². The Labute approximate surface area is 137 Å². The zero-order valence-electron chi connectivity index (χ0n) is 14.0. The normalized spacial score (nSPS) is 18.2.